The summed E-state index contributed by atoms with van der Waals surface area (Å²) < 4.78 is 7.38. The minimum Gasteiger partial charge on any atom is -0.494 e. The third kappa shape index (κ3) is 8.93. The maximum atomic E-state index is 13.8. The first-order chi connectivity index (χ1) is 21.4. The van der Waals surface area contributed by atoms with Crippen molar-refractivity contribution in [3.63, 3.8) is 0 Å². The van der Waals surface area contributed by atoms with Crippen LogP contribution in [0.25, 0.3) is 16.6 Å². The van der Waals surface area contributed by atoms with Gasteiger partial charge in [-0.15, -0.1) is 0 Å². The van der Waals surface area contributed by atoms with Gasteiger partial charge in [0.05, 0.1) is 29.2 Å². The number of carbonyl (C=O) groups excluding carboxylic acids is 1. The lowest BCUT2D eigenvalue weighted by Gasteiger charge is -2.42. The van der Waals surface area contributed by atoms with E-state index in [4.69, 9.17) is 9.72 Å². The van der Waals surface area contributed by atoms with Crippen molar-refractivity contribution >= 4 is 16.8 Å². The molecule has 3 aromatic rings. The summed E-state index contributed by atoms with van der Waals surface area (Å²) in [4.78, 5) is 36.4. The molecule has 1 aliphatic heterocycles. The molecule has 1 aromatic heterocycles. The number of nitrogens with zero attached hydrogens (tertiary/aromatic N) is 4. The first kappa shape index (κ1) is 33.7. The van der Waals surface area contributed by atoms with Crippen LogP contribution in [0.15, 0.2) is 53.3 Å². The van der Waals surface area contributed by atoms with Crippen LogP contribution >= 0.6 is 0 Å². The van der Waals surface area contributed by atoms with Crippen molar-refractivity contribution in [1.29, 1.82) is 0 Å². The Bertz CT molecular complexity index is 1370. The molecule has 0 aliphatic carbocycles. The maximum absolute atomic E-state index is 13.8. The topological polar surface area (TPSA) is 67.7 Å². The predicted octanol–water partition coefficient (Wildman–Crippen LogP) is 8.08. The van der Waals surface area contributed by atoms with Gasteiger partial charge in [-0.05, 0) is 63.6 Å². The van der Waals surface area contributed by atoms with E-state index in [1.807, 2.05) is 55.5 Å². The fourth-order valence-electron chi connectivity index (χ4n) is 6.49. The number of carbonyl (C=O) groups is 1. The largest absolute Gasteiger partial charge is 0.494 e. The van der Waals surface area contributed by atoms with Gasteiger partial charge in [-0.3, -0.25) is 19.1 Å². The normalized spacial score (nSPS) is 16.4. The average Bonchev–Trinajstić information content (AvgIpc) is 3.03. The summed E-state index contributed by atoms with van der Waals surface area (Å²) >= 11 is 0. The number of unbranched alkanes of at least 4 members (excludes halogenated alkanes) is 10. The molecule has 1 saturated heterocycles. The molecule has 2 unspecified atom stereocenters. The molecule has 0 bridgehead atoms. The van der Waals surface area contributed by atoms with Gasteiger partial charge in [0, 0.05) is 32.1 Å². The smallest absolute Gasteiger partial charge is 0.266 e. The molecule has 4 rings (SSSR count). The van der Waals surface area contributed by atoms with Gasteiger partial charge in [0.15, 0.2) is 0 Å². The van der Waals surface area contributed by atoms with Crippen LogP contribution < -0.4 is 10.3 Å². The Balaban J connectivity index is 1.34. The Morgan fingerprint density at radius 2 is 1.52 bits per heavy atom. The van der Waals surface area contributed by atoms with E-state index < -0.39 is 0 Å². The molecule has 0 radical (unpaired) electrons. The van der Waals surface area contributed by atoms with Crippen molar-refractivity contribution in [2.75, 3.05) is 26.2 Å². The molecule has 240 valence electrons. The second-order valence-corrected chi connectivity index (χ2v) is 12.4. The lowest BCUT2D eigenvalue weighted by atomic mass is 10.0. The van der Waals surface area contributed by atoms with Crippen molar-refractivity contribution < 1.29 is 9.53 Å². The number of hydrogen-bond acceptors (Lipinski definition) is 5. The lowest BCUT2D eigenvalue weighted by molar-refractivity contribution is -0.136. The Hall–Kier alpha value is -3.19. The molecule has 44 heavy (non-hydrogen) atoms. The van der Waals surface area contributed by atoms with E-state index in [2.05, 4.69) is 30.6 Å². The minimum absolute atomic E-state index is 0.0737. The summed E-state index contributed by atoms with van der Waals surface area (Å²) in [6.07, 6.45) is 14.8. The molecular weight excluding hydrogens is 548 g/mol. The van der Waals surface area contributed by atoms with E-state index in [-0.39, 0.29) is 23.6 Å². The molecule has 1 aliphatic rings. The molecular formula is C37H54N4O3. The predicted molar refractivity (Wildman–Crippen MR) is 181 cm³/mol. The highest BCUT2D eigenvalue weighted by molar-refractivity contribution is 5.78. The number of piperazine rings is 1. The molecule has 0 N–H and O–H groups in total. The van der Waals surface area contributed by atoms with Crippen LogP contribution in [0.3, 0.4) is 0 Å². The highest BCUT2D eigenvalue weighted by Gasteiger charge is 2.32. The monoisotopic (exact) mass is 602 g/mol. The van der Waals surface area contributed by atoms with Crippen molar-refractivity contribution in [2.45, 2.75) is 117 Å². The van der Waals surface area contributed by atoms with E-state index >= 15 is 0 Å². The number of aromatic nitrogens is 2. The van der Waals surface area contributed by atoms with Gasteiger partial charge in [-0.2, -0.15) is 0 Å². The Morgan fingerprint density at radius 1 is 0.886 bits per heavy atom. The van der Waals surface area contributed by atoms with Crippen LogP contribution in [0.5, 0.6) is 5.75 Å². The number of ether oxygens (including phenoxy) is 1. The highest BCUT2D eigenvalue weighted by Crippen LogP contribution is 2.26. The summed E-state index contributed by atoms with van der Waals surface area (Å²) in [5.74, 6) is 1.76. The number of para-hydroxylation sites is 1. The number of benzene rings is 2. The fraction of sp³-hybridized carbons (Fsp3) is 0.595. The third-order valence-electron chi connectivity index (χ3n) is 9.10. The molecule has 7 nitrogen and oxygen atoms in total. The zero-order valence-electron chi connectivity index (χ0n) is 27.6. The molecule has 1 amide bonds. The minimum atomic E-state index is -0.106. The Kier molecular flexibility index (Phi) is 13.3. The Morgan fingerprint density at radius 3 is 2.16 bits per heavy atom. The zero-order valence-corrected chi connectivity index (χ0v) is 27.6. The summed E-state index contributed by atoms with van der Waals surface area (Å²) in [7, 11) is 0. The van der Waals surface area contributed by atoms with E-state index in [0.29, 0.717) is 36.3 Å². The maximum Gasteiger partial charge on any atom is 0.266 e. The van der Waals surface area contributed by atoms with Crippen LogP contribution in [0, 0.1) is 0 Å². The van der Waals surface area contributed by atoms with Gasteiger partial charge in [-0.1, -0.05) is 83.3 Å². The fourth-order valence-corrected chi connectivity index (χ4v) is 6.49. The molecule has 2 heterocycles. The van der Waals surface area contributed by atoms with Crippen LogP contribution in [0.1, 0.15) is 117 Å². The van der Waals surface area contributed by atoms with Crippen molar-refractivity contribution in [3.8, 4) is 11.4 Å². The second kappa shape index (κ2) is 17.3. The van der Waals surface area contributed by atoms with Crippen LogP contribution in [-0.2, 0) is 4.79 Å². The van der Waals surface area contributed by atoms with E-state index in [9.17, 15) is 9.59 Å². The summed E-state index contributed by atoms with van der Waals surface area (Å²) in [6, 6.07) is 15.2. The number of rotatable bonds is 17. The SMILES string of the molecule is CCCCCCCCCCCCCC(=O)N1CCN(C(C)c2nc3ccccc3c(=O)n2-c2ccc(OCC)cc2)CC1C. The molecule has 7 heteroatoms. The number of hydrogen-bond donors (Lipinski definition) is 0. The quantitative estimate of drug-likeness (QED) is 0.146. The van der Waals surface area contributed by atoms with Gasteiger partial charge >= 0.3 is 0 Å². The average molecular weight is 603 g/mol. The highest BCUT2D eigenvalue weighted by atomic mass is 16.5. The zero-order chi connectivity index (χ0) is 31.3. The molecule has 1 fully saturated rings. The molecule has 2 aromatic carbocycles. The first-order valence-electron chi connectivity index (χ1n) is 17.2. The lowest BCUT2D eigenvalue weighted by Crippen LogP contribution is -2.54. The molecule has 0 saturated carbocycles. The summed E-state index contributed by atoms with van der Waals surface area (Å²) in [5.41, 5.74) is 1.40. The van der Waals surface area contributed by atoms with Crippen LogP contribution in [0.4, 0.5) is 0 Å². The van der Waals surface area contributed by atoms with Crippen LogP contribution in [-0.4, -0.2) is 57.5 Å². The van der Waals surface area contributed by atoms with Crippen molar-refractivity contribution in [2.24, 2.45) is 0 Å². The standard InChI is InChI=1S/C37H54N4O3/c1-5-7-8-9-10-11-12-13-14-15-16-21-35(42)40-27-26-39(28-29(40)3)30(4)36-38-34-20-18-17-19-33(34)37(43)41(36)31-22-24-32(25-23-31)44-6-2/h17-20,22-25,29-30H,5-16,21,26-28H2,1-4H3. The van der Waals surface area contributed by atoms with E-state index in [1.54, 1.807) is 4.57 Å². The van der Waals surface area contributed by atoms with E-state index in [1.165, 1.54) is 57.8 Å². The van der Waals surface area contributed by atoms with Crippen LogP contribution in [0.2, 0.25) is 0 Å². The summed E-state index contributed by atoms with van der Waals surface area (Å²) in [5, 5.41) is 0.600. The van der Waals surface area contributed by atoms with Crippen molar-refractivity contribution in [3.05, 3.63) is 64.7 Å². The van der Waals surface area contributed by atoms with Gasteiger partial charge in [-0.25, -0.2) is 4.98 Å². The first-order valence-corrected chi connectivity index (χ1v) is 17.2. The molecule has 0 spiro atoms. The third-order valence-corrected chi connectivity index (χ3v) is 9.10. The number of fused-ring (bicyclic) bond motifs is 1. The number of amides is 1. The van der Waals surface area contributed by atoms with Crippen molar-refractivity contribution in [1.82, 2.24) is 19.4 Å². The van der Waals surface area contributed by atoms with Gasteiger partial charge < -0.3 is 9.64 Å². The Labute approximate surface area is 264 Å². The van der Waals surface area contributed by atoms with Gasteiger partial charge in [0.1, 0.15) is 11.6 Å². The van der Waals surface area contributed by atoms with E-state index in [0.717, 1.165) is 37.4 Å². The second-order valence-electron chi connectivity index (χ2n) is 12.4. The van der Waals surface area contributed by atoms with Gasteiger partial charge in [0.25, 0.3) is 5.56 Å². The summed E-state index contributed by atoms with van der Waals surface area (Å²) in [6.45, 7) is 11.3. The molecule has 2 atom stereocenters. The van der Waals surface area contributed by atoms with Gasteiger partial charge in [0.2, 0.25) is 5.91 Å².